The number of fused-ring (bicyclic) bond motifs is 7. The van der Waals surface area contributed by atoms with Crippen molar-refractivity contribution in [3.63, 3.8) is 0 Å². The molecule has 0 radical (unpaired) electrons. The molecule has 0 aromatic rings. The molecule has 2 bridgehead atoms. The minimum absolute atomic E-state index is 0.0520. The van der Waals surface area contributed by atoms with Gasteiger partial charge in [-0.05, 0) is 117 Å². The van der Waals surface area contributed by atoms with Gasteiger partial charge in [0.25, 0.3) is 0 Å². The molecule has 2 heterocycles. The van der Waals surface area contributed by atoms with Gasteiger partial charge in [0.15, 0.2) is 0 Å². The van der Waals surface area contributed by atoms with Crippen molar-refractivity contribution < 1.29 is 19.7 Å². The van der Waals surface area contributed by atoms with Crippen LogP contribution in [0.4, 0.5) is 0 Å². The smallest absolute Gasteiger partial charge is 0.312 e. The zero-order valence-electron chi connectivity index (χ0n) is 22.5. The highest BCUT2D eigenvalue weighted by molar-refractivity contribution is 5.80. The molecule has 34 heavy (non-hydrogen) atoms. The van der Waals surface area contributed by atoms with Gasteiger partial charge in [0.05, 0.1) is 11.5 Å². The molecule has 11 unspecified atom stereocenters. The lowest BCUT2D eigenvalue weighted by Gasteiger charge is -2.75. The highest BCUT2D eigenvalue weighted by Gasteiger charge is 2.75. The Morgan fingerprint density at radius 1 is 0.882 bits per heavy atom. The molecule has 2 saturated heterocycles. The third-order valence-corrected chi connectivity index (χ3v) is 14.3. The van der Waals surface area contributed by atoms with Crippen LogP contribution in [0, 0.1) is 56.7 Å². The van der Waals surface area contributed by atoms with E-state index >= 15 is 0 Å². The molecule has 192 valence electrons. The first-order valence-electron chi connectivity index (χ1n) is 14.3. The lowest BCUT2D eigenvalue weighted by molar-refractivity contribution is -0.298. The minimum Gasteiger partial charge on any atom is -0.459 e. The second kappa shape index (κ2) is 6.82. The van der Waals surface area contributed by atoms with Gasteiger partial charge in [-0.15, -0.1) is 0 Å². The van der Waals surface area contributed by atoms with E-state index in [1.165, 1.54) is 6.42 Å². The standard InChI is InChI=1S/C30H48O4/c1-18-23-19-7-8-21-26(4)11-10-22(32)25(2,3)20(26)9-12-27(21,5)30(19,17-31)16-15-29(23)14-13-28(18,6)34-24(29)33/h18-23,31-32H,7-17H2,1-6H3. The van der Waals surface area contributed by atoms with Crippen LogP contribution in [0.2, 0.25) is 0 Å². The van der Waals surface area contributed by atoms with E-state index in [1.54, 1.807) is 0 Å². The molecule has 0 aromatic carbocycles. The van der Waals surface area contributed by atoms with Gasteiger partial charge in [0.2, 0.25) is 0 Å². The van der Waals surface area contributed by atoms with Crippen molar-refractivity contribution >= 4 is 5.97 Å². The number of hydrogen-bond donors (Lipinski definition) is 2. The van der Waals surface area contributed by atoms with Gasteiger partial charge in [-0.2, -0.15) is 0 Å². The summed E-state index contributed by atoms with van der Waals surface area (Å²) < 4.78 is 6.12. The fourth-order valence-corrected chi connectivity index (χ4v) is 12.2. The van der Waals surface area contributed by atoms with Crippen molar-refractivity contribution in [1.29, 1.82) is 0 Å². The molecule has 1 spiro atoms. The van der Waals surface area contributed by atoms with Gasteiger partial charge in [-0.3, -0.25) is 4.79 Å². The number of ether oxygens (including phenoxy) is 1. The van der Waals surface area contributed by atoms with Crippen LogP contribution in [-0.4, -0.2) is 34.5 Å². The minimum atomic E-state index is -0.340. The Kier molecular flexibility index (Phi) is 4.77. The molecule has 0 aromatic heterocycles. The van der Waals surface area contributed by atoms with Crippen LogP contribution in [-0.2, 0) is 9.53 Å². The van der Waals surface area contributed by atoms with E-state index in [4.69, 9.17) is 4.74 Å². The molecule has 7 aliphatic rings. The zero-order valence-corrected chi connectivity index (χ0v) is 22.5. The second-order valence-corrected chi connectivity index (χ2v) is 15.1. The monoisotopic (exact) mass is 472 g/mol. The quantitative estimate of drug-likeness (QED) is 0.478. The van der Waals surface area contributed by atoms with Crippen LogP contribution < -0.4 is 0 Å². The lowest BCUT2D eigenvalue weighted by Crippen LogP contribution is -2.73. The maximum atomic E-state index is 13.4. The molecule has 2 N–H and O–H groups in total. The number of carbonyl (C=O) groups excluding carboxylic acids is 1. The number of rotatable bonds is 1. The third-order valence-electron chi connectivity index (χ3n) is 14.3. The summed E-state index contributed by atoms with van der Waals surface area (Å²) in [4.78, 5) is 13.4. The molecule has 5 aliphatic carbocycles. The lowest BCUT2D eigenvalue weighted by atomic mass is 9.30. The normalized spacial score (nSPS) is 59.8. The van der Waals surface area contributed by atoms with Crippen LogP contribution in [0.25, 0.3) is 0 Å². The van der Waals surface area contributed by atoms with Gasteiger partial charge in [0, 0.05) is 12.0 Å². The third kappa shape index (κ3) is 2.42. The summed E-state index contributed by atoms with van der Waals surface area (Å²) in [5.41, 5.74) is -0.530. The van der Waals surface area contributed by atoms with Crippen molar-refractivity contribution in [2.45, 2.75) is 117 Å². The number of aliphatic hydroxyl groups is 2. The number of esters is 1. The van der Waals surface area contributed by atoms with E-state index in [1.807, 2.05) is 0 Å². The number of hydrogen-bond acceptors (Lipinski definition) is 4. The average Bonchev–Trinajstić information content (AvgIpc) is 2.78. The molecule has 7 fully saturated rings. The predicted octanol–water partition coefficient (Wildman–Crippen LogP) is 5.74. The van der Waals surface area contributed by atoms with E-state index in [0.717, 1.165) is 57.8 Å². The van der Waals surface area contributed by atoms with Crippen molar-refractivity contribution in [3.8, 4) is 0 Å². The highest BCUT2D eigenvalue weighted by Crippen LogP contribution is 2.78. The van der Waals surface area contributed by atoms with Crippen molar-refractivity contribution in [2.75, 3.05) is 6.61 Å². The van der Waals surface area contributed by atoms with Crippen LogP contribution in [0.15, 0.2) is 0 Å². The Labute approximate surface area is 206 Å². The molecule has 4 heteroatoms. The summed E-state index contributed by atoms with van der Waals surface area (Å²) in [6.45, 7) is 14.4. The first-order chi connectivity index (χ1) is 15.8. The second-order valence-electron chi connectivity index (χ2n) is 15.1. The maximum Gasteiger partial charge on any atom is 0.312 e. The van der Waals surface area contributed by atoms with Gasteiger partial charge < -0.3 is 14.9 Å². The summed E-state index contributed by atoms with van der Waals surface area (Å²) in [5.74, 6) is 2.26. The van der Waals surface area contributed by atoms with Crippen LogP contribution in [0.5, 0.6) is 0 Å². The first kappa shape index (κ1) is 23.8. The van der Waals surface area contributed by atoms with Gasteiger partial charge in [-0.1, -0.05) is 34.6 Å². The van der Waals surface area contributed by atoms with E-state index in [-0.39, 0.29) is 51.4 Å². The molecule has 2 aliphatic heterocycles. The molecular weight excluding hydrogens is 424 g/mol. The van der Waals surface area contributed by atoms with Crippen molar-refractivity contribution in [3.05, 3.63) is 0 Å². The van der Waals surface area contributed by atoms with Crippen molar-refractivity contribution in [2.24, 2.45) is 56.7 Å². The Hall–Kier alpha value is -0.610. The van der Waals surface area contributed by atoms with E-state index in [0.29, 0.717) is 29.6 Å². The topological polar surface area (TPSA) is 66.8 Å². The van der Waals surface area contributed by atoms with Crippen molar-refractivity contribution in [1.82, 2.24) is 0 Å². The first-order valence-corrected chi connectivity index (χ1v) is 14.3. The van der Waals surface area contributed by atoms with E-state index in [2.05, 4.69) is 41.5 Å². The summed E-state index contributed by atoms with van der Waals surface area (Å²) in [6.07, 6.45) is 10.2. The predicted molar refractivity (Wildman–Crippen MR) is 132 cm³/mol. The average molecular weight is 473 g/mol. The van der Waals surface area contributed by atoms with E-state index < -0.39 is 0 Å². The summed E-state index contributed by atoms with van der Waals surface area (Å²) in [7, 11) is 0. The zero-order chi connectivity index (χ0) is 24.5. The van der Waals surface area contributed by atoms with Gasteiger partial charge in [-0.25, -0.2) is 0 Å². The molecule has 0 amide bonds. The van der Waals surface area contributed by atoms with Crippen LogP contribution >= 0.6 is 0 Å². The number of carbonyl (C=O) groups is 1. The Bertz CT molecular complexity index is 898. The van der Waals surface area contributed by atoms with E-state index in [9.17, 15) is 15.0 Å². The fraction of sp³-hybridized carbons (Fsp3) is 0.967. The summed E-state index contributed by atoms with van der Waals surface area (Å²) in [6, 6.07) is 0. The Balaban J connectivity index is 1.44. The summed E-state index contributed by atoms with van der Waals surface area (Å²) >= 11 is 0. The molecule has 7 rings (SSSR count). The van der Waals surface area contributed by atoms with Gasteiger partial charge in [0.1, 0.15) is 5.60 Å². The molecule has 11 atom stereocenters. The van der Waals surface area contributed by atoms with Crippen LogP contribution in [0.3, 0.4) is 0 Å². The Morgan fingerprint density at radius 3 is 2.26 bits per heavy atom. The molecule has 4 nitrogen and oxygen atoms in total. The summed E-state index contributed by atoms with van der Waals surface area (Å²) in [5, 5.41) is 22.2. The van der Waals surface area contributed by atoms with Crippen LogP contribution in [0.1, 0.15) is 106 Å². The maximum absolute atomic E-state index is 13.4. The van der Waals surface area contributed by atoms with Gasteiger partial charge >= 0.3 is 5.97 Å². The fourth-order valence-electron chi connectivity index (χ4n) is 12.2. The SMILES string of the molecule is CC1C2C3CCC4C5(C)CCC(O)C(C)(C)C5CCC4(C)C3(CO)CCC23CCC1(C)OC3=O. The molecule has 5 saturated carbocycles. The largest absolute Gasteiger partial charge is 0.459 e. The number of aliphatic hydroxyl groups excluding tert-OH is 2. The highest BCUT2D eigenvalue weighted by atomic mass is 16.6. The Morgan fingerprint density at radius 2 is 1.59 bits per heavy atom. The molecular formula is C30H48O4.